The Morgan fingerprint density at radius 3 is 3.00 bits per heavy atom. The number of hydrogen-bond acceptors (Lipinski definition) is 2. The molecule has 2 bridgehead atoms. The predicted molar refractivity (Wildman–Crippen MR) is 49.8 cm³/mol. The molecule has 0 aromatic heterocycles. The molecular formula is C10H14N2O. The standard InChI is InChI=1S/C10H14N2O/c1-3-6(2)12-10(13)9-7-4-8(9)11-5-7/h1,6-9,11H,4-5H2,2H3,(H,12,13). The Hall–Kier alpha value is -1.01. The Labute approximate surface area is 78.3 Å². The van der Waals surface area contributed by atoms with Gasteiger partial charge in [0, 0.05) is 6.04 Å². The van der Waals surface area contributed by atoms with E-state index in [0.717, 1.165) is 13.0 Å². The van der Waals surface area contributed by atoms with E-state index in [-0.39, 0.29) is 17.9 Å². The molecule has 2 heterocycles. The molecule has 70 valence electrons. The van der Waals surface area contributed by atoms with Gasteiger partial charge < -0.3 is 10.6 Å². The average Bonchev–Trinajstić information content (AvgIpc) is 2.63. The van der Waals surface area contributed by atoms with Crippen molar-refractivity contribution in [2.45, 2.75) is 25.4 Å². The first-order valence-electron chi connectivity index (χ1n) is 4.72. The quantitative estimate of drug-likeness (QED) is 0.572. The van der Waals surface area contributed by atoms with Gasteiger partial charge in [-0.25, -0.2) is 0 Å². The monoisotopic (exact) mass is 178 g/mol. The number of fused-ring (bicyclic) bond motifs is 1. The fourth-order valence-corrected chi connectivity index (χ4v) is 2.22. The molecule has 2 aliphatic heterocycles. The third kappa shape index (κ3) is 1.31. The number of hydrogen-bond donors (Lipinski definition) is 2. The zero-order valence-electron chi connectivity index (χ0n) is 7.71. The zero-order chi connectivity index (χ0) is 9.42. The van der Waals surface area contributed by atoms with E-state index in [1.165, 1.54) is 0 Å². The molecule has 13 heavy (non-hydrogen) atoms. The molecular weight excluding hydrogens is 164 g/mol. The van der Waals surface area contributed by atoms with Gasteiger partial charge in [0.25, 0.3) is 0 Å². The van der Waals surface area contributed by atoms with Crippen molar-refractivity contribution in [1.82, 2.24) is 10.6 Å². The molecule has 0 aromatic carbocycles. The van der Waals surface area contributed by atoms with Crippen molar-refractivity contribution < 1.29 is 4.79 Å². The Bertz CT molecular complexity index is 255. The Morgan fingerprint density at radius 1 is 1.77 bits per heavy atom. The molecule has 3 aliphatic rings. The van der Waals surface area contributed by atoms with Gasteiger partial charge in [0.2, 0.25) is 5.91 Å². The molecule has 1 amide bonds. The molecule has 2 saturated heterocycles. The molecule has 3 nitrogen and oxygen atoms in total. The summed E-state index contributed by atoms with van der Waals surface area (Å²) >= 11 is 0. The first-order chi connectivity index (χ1) is 6.22. The van der Waals surface area contributed by atoms with Crippen LogP contribution in [0.4, 0.5) is 0 Å². The lowest BCUT2D eigenvalue weighted by Crippen LogP contribution is -2.49. The third-order valence-electron chi connectivity index (χ3n) is 3.05. The largest absolute Gasteiger partial charge is 0.342 e. The first kappa shape index (κ1) is 8.58. The van der Waals surface area contributed by atoms with Gasteiger partial charge in [-0.3, -0.25) is 4.79 Å². The maximum absolute atomic E-state index is 11.6. The molecule has 4 atom stereocenters. The summed E-state index contributed by atoms with van der Waals surface area (Å²) in [5, 5.41) is 6.12. The molecule has 0 aromatic rings. The van der Waals surface area contributed by atoms with E-state index in [0.29, 0.717) is 12.0 Å². The average molecular weight is 178 g/mol. The maximum Gasteiger partial charge on any atom is 0.225 e. The van der Waals surface area contributed by atoms with Gasteiger partial charge in [0.05, 0.1) is 12.0 Å². The lowest BCUT2D eigenvalue weighted by atomic mass is 9.73. The van der Waals surface area contributed by atoms with Crippen molar-refractivity contribution in [1.29, 1.82) is 0 Å². The molecule has 2 N–H and O–H groups in total. The second kappa shape index (κ2) is 3.04. The van der Waals surface area contributed by atoms with Crippen LogP contribution < -0.4 is 10.6 Å². The predicted octanol–water partition coefficient (Wildman–Crippen LogP) is -0.268. The zero-order valence-corrected chi connectivity index (χ0v) is 7.71. The molecule has 1 aliphatic carbocycles. The number of terminal acetylenes is 1. The van der Waals surface area contributed by atoms with Crippen molar-refractivity contribution in [3.63, 3.8) is 0 Å². The fourth-order valence-electron chi connectivity index (χ4n) is 2.22. The highest BCUT2D eigenvalue weighted by Gasteiger charge is 2.50. The summed E-state index contributed by atoms with van der Waals surface area (Å²) < 4.78 is 0. The van der Waals surface area contributed by atoms with Crippen LogP contribution in [0.3, 0.4) is 0 Å². The topological polar surface area (TPSA) is 41.1 Å². The van der Waals surface area contributed by atoms with Crippen molar-refractivity contribution >= 4 is 5.91 Å². The number of carbonyl (C=O) groups is 1. The second-order valence-electron chi connectivity index (χ2n) is 3.93. The minimum Gasteiger partial charge on any atom is -0.342 e. The molecule has 0 radical (unpaired) electrons. The van der Waals surface area contributed by atoms with Crippen LogP contribution in [0.2, 0.25) is 0 Å². The van der Waals surface area contributed by atoms with E-state index in [1.54, 1.807) is 0 Å². The van der Waals surface area contributed by atoms with E-state index in [9.17, 15) is 4.79 Å². The Balaban J connectivity index is 1.89. The molecule has 1 saturated carbocycles. The van der Waals surface area contributed by atoms with E-state index < -0.39 is 0 Å². The van der Waals surface area contributed by atoms with Crippen LogP contribution in [-0.4, -0.2) is 24.5 Å². The highest BCUT2D eigenvalue weighted by atomic mass is 16.2. The van der Waals surface area contributed by atoms with E-state index >= 15 is 0 Å². The molecule has 3 heteroatoms. The number of nitrogens with one attached hydrogen (secondary N) is 2. The van der Waals surface area contributed by atoms with Gasteiger partial charge in [-0.15, -0.1) is 6.42 Å². The minimum atomic E-state index is -0.146. The molecule has 4 unspecified atom stereocenters. The summed E-state index contributed by atoms with van der Waals surface area (Å²) in [6, 6.07) is 0.266. The van der Waals surface area contributed by atoms with Gasteiger partial charge in [-0.1, -0.05) is 5.92 Å². The summed E-state index contributed by atoms with van der Waals surface area (Å²) in [6.45, 7) is 2.82. The van der Waals surface area contributed by atoms with Crippen LogP contribution in [0, 0.1) is 24.2 Å². The Kier molecular flexibility index (Phi) is 2.01. The van der Waals surface area contributed by atoms with Crippen LogP contribution in [0.15, 0.2) is 0 Å². The summed E-state index contributed by atoms with van der Waals surface area (Å²) in [6.07, 6.45) is 6.34. The highest BCUT2D eigenvalue weighted by Crippen LogP contribution is 2.39. The van der Waals surface area contributed by atoms with Crippen molar-refractivity contribution in [2.75, 3.05) is 6.54 Å². The van der Waals surface area contributed by atoms with Gasteiger partial charge >= 0.3 is 0 Å². The number of rotatable bonds is 2. The van der Waals surface area contributed by atoms with Crippen molar-refractivity contribution in [3.8, 4) is 12.3 Å². The van der Waals surface area contributed by atoms with Gasteiger partial charge in [0.15, 0.2) is 0 Å². The van der Waals surface area contributed by atoms with Gasteiger partial charge in [-0.05, 0) is 25.8 Å². The third-order valence-corrected chi connectivity index (χ3v) is 3.05. The normalized spacial score (nSPS) is 37.4. The van der Waals surface area contributed by atoms with Gasteiger partial charge in [0.1, 0.15) is 0 Å². The maximum atomic E-state index is 11.6. The van der Waals surface area contributed by atoms with E-state index in [2.05, 4.69) is 16.6 Å². The van der Waals surface area contributed by atoms with Crippen LogP contribution in [0.5, 0.6) is 0 Å². The van der Waals surface area contributed by atoms with Gasteiger partial charge in [-0.2, -0.15) is 0 Å². The summed E-state index contributed by atoms with van der Waals surface area (Å²) in [7, 11) is 0. The first-order valence-corrected chi connectivity index (χ1v) is 4.72. The summed E-state index contributed by atoms with van der Waals surface area (Å²) in [5.74, 6) is 3.35. The van der Waals surface area contributed by atoms with Crippen molar-refractivity contribution in [3.05, 3.63) is 0 Å². The van der Waals surface area contributed by atoms with Crippen LogP contribution >= 0.6 is 0 Å². The van der Waals surface area contributed by atoms with E-state index in [4.69, 9.17) is 6.42 Å². The highest BCUT2D eigenvalue weighted by molar-refractivity contribution is 5.82. The molecule has 0 spiro atoms. The SMILES string of the molecule is C#CC(C)NC(=O)C1C2CNC1C2. The second-order valence-corrected chi connectivity index (χ2v) is 3.93. The summed E-state index contributed by atoms with van der Waals surface area (Å²) in [5.41, 5.74) is 0. The van der Waals surface area contributed by atoms with Crippen LogP contribution in [0.1, 0.15) is 13.3 Å². The number of carbonyl (C=O) groups excluding carboxylic acids is 1. The molecule has 3 rings (SSSR count). The molecule has 3 fully saturated rings. The van der Waals surface area contributed by atoms with Crippen LogP contribution in [-0.2, 0) is 4.79 Å². The summed E-state index contributed by atoms with van der Waals surface area (Å²) in [4.78, 5) is 11.6. The van der Waals surface area contributed by atoms with E-state index in [1.807, 2.05) is 6.92 Å². The van der Waals surface area contributed by atoms with Crippen molar-refractivity contribution in [2.24, 2.45) is 11.8 Å². The Morgan fingerprint density at radius 2 is 2.54 bits per heavy atom. The van der Waals surface area contributed by atoms with Crippen LogP contribution in [0.25, 0.3) is 0 Å². The number of amides is 1. The fraction of sp³-hybridized carbons (Fsp3) is 0.700. The lowest BCUT2D eigenvalue weighted by Gasteiger charge is -2.33. The lowest BCUT2D eigenvalue weighted by molar-refractivity contribution is -0.129. The smallest absolute Gasteiger partial charge is 0.225 e. The minimum absolute atomic E-state index is 0.122.